The Bertz CT molecular complexity index is 770. The van der Waals surface area contributed by atoms with Crippen molar-refractivity contribution in [2.24, 2.45) is 0 Å². The van der Waals surface area contributed by atoms with Crippen LogP contribution < -0.4 is 0 Å². The highest BCUT2D eigenvalue weighted by Crippen LogP contribution is 2.17. The number of rotatable bonds is 8. The van der Waals surface area contributed by atoms with E-state index in [1.807, 2.05) is 0 Å². The summed E-state index contributed by atoms with van der Waals surface area (Å²) in [5.41, 5.74) is 0.570. The van der Waals surface area contributed by atoms with Gasteiger partial charge >= 0.3 is 11.9 Å². The lowest BCUT2D eigenvalue weighted by Gasteiger charge is -2.14. The first-order valence-electron chi connectivity index (χ1n) is 8.05. The minimum atomic E-state index is -0.592. The van der Waals surface area contributed by atoms with Crippen molar-refractivity contribution in [1.29, 1.82) is 0 Å². The fourth-order valence-corrected chi connectivity index (χ4v) is 2.45. The Balaban J connectivity index is 1.77. The van der Waals surface area contributed by atoms with Crippen LogP contribution in [0.3, 0.4) is 0 Å². The first-order valence-corrected chi connectivity index (χ1v) is 8.85. The molecule has 5 nitrogen and oxygen atoms in total. The Morgan fingerprint density at radius 3 is 2.46 bits per heavy atom. The van der Waals surface area contributed by atoms with Gasteiger partial charge in [0.1, 0.15) is 17.4 Å². The standard InChI is InChI=1S/C20H19BrO5/c1-2-16(26-19(23)14-9-11-15(21)12-10-14)6-5-13-25-20(24)17-7-3-4-8-18(17)22/h2-4,7-12,16,22H,1,5-6,13H2. The number of benzene rings is 2. The minimum absolute atomic E-state index is 0.120. The van der Waals surface area contributed by atoms with E-state index in [-0.39, 0.29) is 17.9 Å². The third kappa shape index (κ3) is 5.74. The van der Waals surface area contributed by atoms with Crippen LogP contribution in [-0.2, 0) is 9.47 Å². The minimum Gasteiger partial charge on any atom is -0.507 e. The first kappa shape index (κ1) is 19.7. The Morgan fingerprint density at radius 2 is 1.81 bits per heavy atom. The van der Waals surface area contributed by atoms with Crippen molar-refractivity contribution >= 4 is 27.9 Å². The third-order valence-corrected chi connectivity index (χ3v) is 4.12. The summed E-state index contributed by atoms with van der Waals surface area (Å²) in [6, 6.07) is 13.0. The Morgan fingerprint density at radius 1 is 1.12 bits per heavy atom. The van der Waals surface area contributed by atoms with Gasteiger partial charge in [-0.3, -0.25) is 0 Å². The number of para-hydroxylation sites is 1. The van der Waals surface area contributed by atoms with E-state index in [4.69, 9.17) is 9.47 Å². The van der Waals surface area contributed by atoms with Crippen LogP contribution in [0.1, 0.15) is 33.6 Å². The van der Waals surface area contributed by atoms with E-state index in [2.05, 4.69) is 22.5 Å². The average molecular weight is 419 g/mol. The summed E-state index contributed by atoms with van der Waals surface area (Å²) in [5, 5.41) is 9.61. The van der Waals surface area contributed by atoms with Gasteiger partial charge in [0.2, 0.25) is 0 Å². The number of carbonyl (C=O) groups excluding carboxylic acids is 2. The molecule has 1 unspecified atom stereocenters. The second-order valence-corrected chi connectivity index (χ2v) is 6.40. The van der Waals surface area contributed by atoms with Gasteiger partial charge in [-0.05, 0) is 49.2 Å². The summed E-state index contributed by atoms with van der Waals surface area (Å²) < 4.78 is 11.4. The van der Waals surface area contributed by atoms with Gasteiger partial charge in [0.05, 0.1) is 12.2 Å². The van der Waals surface area contributed by atoms with Crippen LogP contribution in [0.2, 0.25) is 0 Å². The molecule has 0 saturated carbocycles. The topological polar surface area (TPSA) is 72.8 Å². The van der Waals surface area contributed by atoms with E-state index in [1.54, 1.807) is 42.5 Å². The van der Waals surface area contributed by atoms with E-state index in [0.29, 0.717) is 18.4 Å². The molecule has 0 amide bonds. The first-order chi connectivity index (χ1) is 12.5. The second-order valence-electron chi connectivity index (χ2n) is 5.48. The molecule has 0 fully saturated rings. The number of aromatic hydroxyl groups is 1. The van der Waals surface area contributed by atoms with Crippen molar-refractivity contribution in [3.63, 3.8) is 0 Å². The van der Waals surface area contributed by atoms with Crippen LogP contribution in [0.5, 0.6) is 5.75 Å². The molecule has 0 aliphatic rings. The molecule has 0 saturated heterocycles. The number of phenols is 1. The molecule has 1 atom stereocenters. The summed E-state index contributed by atoms with van der Waals surface area (Å²) in [7, 11) is 0. The van der Waals surface area contributed by atoms with Crippen LogP contribution in [0.25, 0.3) is 0 Å². The number of esters is 2. The van der Waals surface area contributed by atoms with Crippen LogP contribution in [-0.4, -0.2) is 29.8 Å². The molecular formula is C20H19BrO5. The number of hydrogen-bond donors (Lipinski definition) is 1. The van der Waals surface area contributed by atoms with Crippen molar-refractivity contribution in [1.82, 2.24) is 0 Å². The van der Waals surface area contributed by atoms with Gasteiger partial charge in [-0.2, -0.15) is 0 Å². The van der Waals surface area contributed by atoms with Crippen LogP contribution in [0, 0.1) is 0 Å². The predicted molar refractivity (Wildman–Crippen MR) is 101 cm³/mol. The van der Waals surface area contributed by atoms with Crippen LogP contribution >= 0.6 is 15.9 Å². The van der Waals surface area contributed by atoms with E-state index < -0.39 is 18.0 Å². The molecule has 0 aromatic heterocycles. The lowest BCUT2D eigenvalue weighted by Crippen LogP contribution is -2.17. The largest absolute Gasteiger partial charge is 0.507 e. The van der Waals surface area contributed by atoms with Crippen molar-refractivity contribution in [2.45, 2.75) is 18.9 Å². The van der Waals surface area contributed by atoms with Gasteiger partial charge in [-0.25, -0.2) is 9.59 Å². The van der Waals surface area contributed by atoms with Gasteiger partial charge < -0.3 is 14.6 Å². The lowest BCUT2D eigenvalue weighted by atomic mass is 10.2. The fraction of sp³-hybridized carbons (Fsp3) is 0.200. The van der Waals surface area contributed by atoms with Crippen molar-refractivity contribution in [2.75, 3.05) is 6.61 Å². The molecule has 2 aromatic rings. The molecule has 0 bridgehead atoms. The zero-order chi connectivity index (χ0) is 18.9. The molecule has 2 rings (SSSR count). The normalized spacial score (nSPS) is 11.4. The number of phenolic OH excluding ortho intramolecular Hbond substituents is 1. The molecule has 1 N–H and O–H groups in total. The monoisotopic (exact) mass is 418 g/mol. The zero-order valence-corrected chi connectivity index (χ0v) is 15.6. The lowest BCUT2D eigenvalue weighted by molar-refractivity contribution is 0.0333. The van der Waals surface area contributed by atoms with E-state index in [0.717, 1.165) is 4.47 Å². The maximum Gasteiger partial charge on any atom is 0.341 e. The summed E-state index contributed by atoms with van der Waals surface area (Å²) in [4.78, 5) is 24.0. The molecule has 136 valence electrons. The summed E-state index contributed by atoms with van der Waals surface area (Å²) in [6.45, 7) is 3.82. The van der Waals surface area contributed by atoms with Gasteiger partial charge in [-0.1, -0.05) is 40.7 Å². The smallest absolute Gasteiger partial charge is 0.341 e. The molecule has 0 radical (unpaired) electrons. The SMILES string of the molecule is C=CC(CCCOC(=O)c1ccccc1O)OC(=O)c1ccc(Br)cc1. The van der Waals surface area contributed by atoms with Gasteiger partial charge in [-0.15, -0.1) is 0 Å². The Labute approximate surface area is 160 Å². The van der Waals surface area contributed by atoms with Crippen molar-refractivity contribution in [3.8, 4) is 5.75 Å². The highest BCUT2D eigenvalue weighted by molar-refractivity contribution is 9.10. The highest BCUT2D eigenvalue weighted by atomic mass is 79.9. The quantitative estimate of drug-likeness (QED) is 0.388. The second kappa shape index (κ2) is 9.77. The molecule has 26 heavy (non-hydrogen) atoms. The summed E-state index contributed by atoms with van der Waals surface area (Å²) >= 11 is 3.31. The summed E-state index contributed by atoms with van der Waals surface area (Å²) in [6.07, 6.45) is 2.03. The summed E-state index contributed by atoms with van der Waals surface area (Å²) in [5.74, 6) is -1.15. The zero-order valence-electron chi connectivity index (χ0n) is 14.1. The number of carbonyl (C=O) groups is 2. The fourth-order valence-electron chi connectivity index (χ4n) is 2.19. The predicted octanol–water partition coefficient (Wildman–Crippen LogP) is 4.50. The third-order valence-electron chi connectivity index (χ3n) is 3.59. The van der Waals surface area contributed by atoms with Gasteiger partial charge in [0.25, 0.3) is 0 Å². The molecular weight excluding hydrogens is 400 g/mol. The van der Waals surface area contributed by atoms with E-state index in [1.165, 1.54) is 12.1 Å². The highest BCUT2D eigenvalue weighted by Gasteiger charge is 2.15. The Kier molecular flexibility index (Phi) is 7.41. The van der Waals surface area contributed by atoms with Gasteiger partial charge in [0, 0.05) is 4.47 Å². The van der Waals surface area contributed by atoms with Crippen molar-refractivity contribution < 1.29 is 24.2 Å². The van der Waals surface area contributed by atoms with Crippen LogP contribution in [0.15, 0.2) is 65.7 Å². The maximum absolute atomic E-state index is 12.1. The molecule has 0 heterocycles. The molecule has 6 heteroatoms. The number of ether oxygens (including phenoxy) is 2. The average Bonchev–Trinajstić information content (AvgIpc) is 2.64. The maximum atomic E-state index is 12.1. The van der Waals surface area contributed by atoms with E-state index in [9.17, 15) is 14.7 Å². The molecule has 0 aliphatic heterocycles. The van der Waals surface area contributed by atoms with E-state index >= 15 is 0 Å². The number of halogens is 1. The van der Waals surface area contributed by atoms with Crippen LogP contribution in [0.4, 0.5) is 0 Å². The molecule has 0 spiro atoms. The van der Waals surface area contributed by atoms with Crippen molar-refractivity contribution in [3.05, 3.63) is 76.8 Å². The molecule has 2 aromatic carbocycles. The number of hydrogen-bond acceptors (Lipinski definition) is 5. The molecule has 0 aliphatic carbocycles. The Hall–Kier alpha value is -2.60. The van der Waals surface area contributed by atoms with Gasteiger partial charge in [0.15, 0.2) is 0 Å².